The maximum atomic E-state index is 11.8. The number of hydrogen-bond acceptors (Lipinski definition) is 4. The van der Waals surface area contributed by atoms with Crippen molar-refractivity contribution in [3.8, 4) is 5.75 Å². The van der Waals surface area contributed by atoms with Crippen molar-refractivity contribution in [1.29, 1.82) is 0 Å². The first-order valence-electron chi connectivity index (χ1n) is 5.18. The minimum Gasteiger partial charge on any atom is -0.497 e. The van der Waals surface area contributed by atoms with Crippen LogP contribution in [0.2, 0.25) is 0 Å². The van der Waals surface area contributed by atoms with Gasteiger partial charge in [0.25, 0.3) is 0 Å². The molecule has 0 amide bonds. The van der Waals surface area contributed by atoms with Gasteiger partial charge in [-0.05, 0) is 40.3 Å². The van der Waals surface area contributed by atoms with Gasteiger partial charge in [-0.1, -0.05) is 30.7 Å². The molecule has 0 saturated heterocycles. The molecule has 0 aliphatic carbocycles. The molecule has 102 valence electrons. The Morgan fingerprint density at radius 2 is 1.94 bits per heavy atom. The van der Waals surface area contributed by atoms with Crippen LogP contribution in [0.3, 0.4) is 0 Å². The number of benzene rings is 1. The summed E-state index contributed by atoms with van der Waals surface area (Å²) in [5.74, 6) is 0.491. The van der Waals surface area contributed by atoms with E-state index in [1.165, 1.54) is 14.0 Å². The van der Waals surface area contributed by atoms with Crippen molar-refractivity contribution in [3.63, 3.8) is 0 Å². The van der Waals surface area contributed by atoms with Gasteiger partial charge in [0.1, 0.15) is 11.9 Å². The summed E-state index contributed by atoms with van der Waals surface area (Å²) in [5, 5.41) is 10.1. The van der Waals surface area contributed by atoms with E-state index in [1.807, 2.05) is 0 Å². The van der Waals surface area contributed by atoms with Crippen LogP contribution in [0.15, 0.2) is 24.3 Å². The molecule has 2 atom stereocenters. The molecule has 0 aliphatic rings. The summed E-state index contributed by atoms with van der Waals surface area (Å²) >= 11 is 7.57. The summed E-state index contributed by atoms with van der Waals surface area (Å²) in [6.45, 7) is 1.49. The summed E-state index contributed by atoms with van der Waals surface area (Å²) in [6, 6.07) is 6.45. The van der Waals surface area contributed by atoms with Gasteiger partial charge in [-0.15, -0.1) is 0 Å². The standard InChI is InChI=1S/C11H14ClIO4S/c1-3-18(15,16)11(12,13)10(14)8-4-6-9(17-2)7-5-8/h4-7,10,14H,3H2,1-2H3/t10-,11+/m0/s1. The first kappa shape index (κ1) is 16.0. The molecule has 1 rings (SSSR count). The average molecular weight is 405 g/mol. The molecule has 0 bridgehead atoms. The van der Waals surface area contributed by atoms with E-state index in [0.717, 1.165) is 0 Å². The summed E-state index contributed by atoms with van der Waals surface area (Å²) < 4.78 is 26.9. The molecule has 1 aromatic carbocycles. The number of halogens is 2. The van der Waals surface area contributed by atoms with Crippen molar-refractivity contribution in [1.82, 2.24) is 0 Å². The van der Waals surface area contributed by atoms with Crippen LogP contribution in [-0.2, 0) is 9.84 Å². The van der Waals surface area contributed by atoms with Crippen molar-refractivity contribution in [2.45, 2.75) is 15.2 Å². The third kappa shape index (κ3) is 3.09. The zero-order chi connectivity index (χ0) is 14.0. The highest BCUT2D eigenvalue weighted by Gasteiger charge is 2.45. The Kier molecular flexibility index (Phi) is 5.28. The van der Waals surface area contributed by atoms with Gasteiger partial charge in [-0.2, -0.15) is 0 Å². The van der Waals surface area contributed by atoms with Crippen LogP contribution < -0.4 is 4.74 Å². The van der Waals surface area contributed by atoms with Gasteiger partial charge >= 0.3 is 0 Å². The number of alkyl halides is 2. The fraction of sp³-hybridized carbons (Fsp3) is 0.455. The summed E-state index contributed by atoms with van der Waals surface area (Å²) in [7, 11) is -2.07. The van der Waals surface area contributed by atoms with Crippen molar-refractivity contribution in [2.75, 3.05) is 12.9 Å². The second kappa shape index (κ2) is 5.94. The second-order valence-corrected chi connectivity index (χ2v) is 9.98. The number of aliphatic hydroxyl groups is 1. The van der Waals surface area contributed by atoms with Crippen LogP contribution in [0.5, 0.6) is 5.75 Å². The number of hydrogen-bond donors (Lipinski definition) is 1. The minimum atomic E-state index is -3.59. The molecule has 18 heavy (non-hydrogen) atoms. The summed E-state index contributed by atoms with van der Waals surface area (Å²) in [5.41, 5.74) is 0.428. The van der Waals surface area contributed by atoms with Gasteiger partial charge in [0.2, 0.25) is 2.21 Å². The lowest BCUT2D eigenvalue weighted by atomic mass is 10.1. The fourth-order valence-electron chi connectivity index (χ4n) is 1.34. The molecule has 0 unspecified atom stereocenters. The normalized spacial score (nSPS) is 16.9. The first-order valence-corrected chi connectivity index (χ1v) is 8.29. The molecular formula is C11H14ClIO4S. The van der Waals surface area contributed by atoms with E-state index in [9.17, 15) is 13.5 Å². The molecule has 1 aromatic rings. The lowest BCUT2D eigenvalue weighted by Crippen LogP contribution is -2.34. The Morgan fingerprint density at radius 1 is 1.44 bits per heavy atom. The van der Waals surface area contributed by atoms with E-state index >= 15 is 0 Å². The molecule has 0 radical (unpaired) electrons. The molecule has 0 aromatic heterocycles. The van der Waals surface area contributed by atoms with Gasteiger partial charge in [0.05, 0.1) is 12.9 Å². The van der Waals surface area contributed by atoms with Gasteiger partial charge in [0, 0.05) is 0 Å². The number of rotatable bonds is 5. The highest BCUT2D eigenvalue weighted by atomic mass is 127. The quantitative estimate of drug-likeness (QED) is 0.605. The summed E-state index contributed by atoms with van der Waals surface area (Å²) in [4.78, 5) is 0. The number of methoxy groups -OCH3 is 1. The third-order valence-electron chi connectivity index (χ3n) is 2.54. The largest absolute Gasteiger partial charge is 0.497 e. The number of aliphatic hydroxyl groups excluding tert-OH is 1. The van der Waals surface area contributed by atoms with E-state index in [-0.39, 0.29) is 5.75 Å². The van der Waals surface area contributed by atoms with Crippen LogP contribution in [0.1, 0.15) is 18.6 Å². The van der Waals surface area contributed by atoms with Gasteiger partial charge in [0.15, 0.2) is 9.84 Å². The zero-order valence-electron chi connectivity index (χ0n) is 9.93. The van der Waals surface area contributed by atoms with E-state index in [0.29, 0.717) is 11.3 Å². The molecular weight excluding hydrogens is 391 g/mol. The maximum Gasteiger partial charge on any atom is 0.225 e. The average Bonchev–Trinajstić information content (AvgIpc) is 2.37. The summed E-state index contributed by atoms with van der Waals surface area (Å²) in [6.07, 6.45) is -1.31. The van der Waals surface area contributed by atoms with Crippen molar-refractivity contribution in [3.05, 3.63) is 29.8 Å². The van der Waals surface area contributed by atoms with E-state index in [1.54, 1.807) is 46.9 Å². The van der Waals surface area contributed by atoms with Crippen LogP contribution >= 0.6 is 34.2 Å². The Bertz CT molecular complexity index is 498. The Morgan fingerprint density at radius 3 is 2.33 bits per heavy atom. The van der Waals surface area contributed by atoms with Crippen LogP contribution in [0.25, 0.3) is 0 Å². The molecule has 7 heteroatoms. The van der Waals surface area contributed by atoms with Gasteiger partial charge < -0.3 is 9.84 Å². The second-order valence-electron chi connectivity index (χ2n) is 3.64. The molecule has 0 spiro atoms. The van der Waals surface area contributed by atoms with E-state index in [2.05, 4.69) is 0 Å². The molecule has 4 nitrogen and oxygen atoms in total. The van der Waals surface area contributed by atoms with Gasteiger partial charge in [-0.25, -0.2) is 8.42 Å². The van der Waals surface area contributed by atoms with Crippen LogP contribution in [0.4, 0.5) is 0 Å². The molecule has 0 fully saturated rings. The maximum absolute atomic E-state index is 11.8. The fourth-order valence-corrected chi connectivity index (χ4v) is 3.95. The lowest BCUT2D eigenvalue weighted by Gasteiger charge is -2.26. The third-order valence-corrected chi connectivity index (χ3v) is 7.87. The monoisotopic (exact) mass is 404 g/mol. The number of sulfone groups is 1. The van der Waals surface area contributed by atoms with Crippen molar-refractivity contribution < 1.29 is 18.3 Å². The zero-order valence-corrected chi connectivity index (χ0v) is 13.7. The Labute approximate surface area is 125 Å². The predicted octanol–water partition coefficient (Wildman–Crippen LogP) is 2.49. The topological polar surface area (TPSA) is 63.6 Å². The highest BCUT2D eigenvalue weighted by molar-refractivity contribution is 14.1. The van der Waals surface area contributed by atoms with Gasteiger partial charge in [-0.3, -0.25) is 0 Å². The van der Waals surface area contributed by atoms with Crippen LogP contribution in [-0.4, -0.2) is 28.6 Å². The highest BCUT2D eigenvalue weighted by Crippen LogP contribution is 2.43. The van der Waals surface area contributed by atoms with E-state index < -0.39 is 18.2 Å². The molecule has 0 aliphatic heterocycles. The SMILES string of the molecule is CCS(=O)(=O)[C@](Cl)(I)[C@@H](O)c1ccc(OC)cc1. The van der Waals surface area contributed by atoms with Crippen molar-refractivity contribution >= 4 is 44.0 Å². The molecule has 1 N–H and O–H groups in total. The Hall–Kier alpha value is -0.0500. The van der Waals surface area contributed by atoms with Crippen LogP contribution in [0, 0.1) is 0 Å². The number of ether oxygens (including phenoxy) is 1. The minimum absolute atomic E-state index is 0.132. The Balaban J connectivity index is 3.09. The first-order chi connectivity index (χ1) is 8.26. The molecule has 0 heterocycles. The van der Waals surface area contributed by atoms with Crippen molar-refractivity contribution in [2.24, 2.45) is 0 Å². The van der Waals surface area contributed by atoms with E-state index in [4.69, 9.17) is 16.3 Å². The predicted molar refractivity (Wildman–Crippen MR) is 80.0 cm³/mol. The molecule has 0 saturated carbocycles. The lowest BCUT2D eigenvalue weighted by molar-refractivity contribution is 0.187. The smallest absolute Gasteiger partial charge is 0.225 e.